The fourth-order valence-corrected chi connectivity index (χ4v) is 4.32. The number of furan rings is 1. The number of amides is 1. The lowest BCUT2D eigenvalue weighted by Gasteiger charge is -2.09. The van der Waals surface area contributed by atoms with Crippen molar-refractivity contribution in [3.63, 3.8) is 0 Å². The average Bonchev–Trinajstić information content (AvgIpc) is 3.46. The smallest absolute Gasteiger partial charge is 0.337 e. The molecular weight excluding hydrogens is 480 g/mol. The number of nitrogens with one attached hydrogen (secondary N) is 1. The van der Waals surface area contributed by atoms with Gasteiger partial charge in [-0.05, 0) is 37.3 Å². The number of benzene rings is 2. The summed E-state index contributed by atoms with van der Waals surface area (Å²) in [4.78, 5) is 24.3. The van der Waals surface area contributed by atoms with Gasteiger partial charge < -0.3 is 19.2 Å². The number of halogens is 1. The molecule has 11 heteroatoms. The number of fused-ring (bicyclic) bond motifs is 1. The molecule has 4 rings (SSSR count). The summed E-state index contributed by atoms with van der Waals surface area (Å²) in [5.41, 5.74) is 1.24. The molecule has 0 aliphatic carbocycles. The first-order valence-corrected chi connectivity index (χ1v) is 11.6. The Morgan fingerprint density at radius 3 is 2.74 bits per heavy atom. The Kier molecular flexibility index (Phi) is 7.09. The van der Waals surface area contributed by atoms with E-state index in [9.17, 15) is 9.59 Å². The van der Waals surface area contributed by atoms with Crippen LogP contribution in [0, 0.1) is 0 Å². The third-order valence-electron chi connectivity index (χ3n) is 4.98. The molecule has 1 N–H and O–H groups in total. The molecule has 0 fully saturated rings. The summed E-state index contributed by atoms with van der Waals surface area (Å²) in [6, 6.07) is 12.0. The largest absolute Gasteiger partial charge is 0.493 e. The van der Waals surface area contributed by atoms with E-state index in [2.05, 4.69) is 15.5 Å². The first-order chi connectivity index (χ1) is 16.4. The van der Waals surface area contributed by atoms with Crippen molar-refractivity contribution < 1.29 is 23.5 Å². The predicted molar refractivity (Wildman–Crippen MR) is 130 cm³/mol. The summed E-state index contributed by atoms with van der Waals surface area (Å²) in [6.07, 6.45) is 0. The molecular formula is C23H21ClN4O5S. The lowest BCUT2D eigenvalue weighted by atomic mass is 10.2. The van der Waals surface area contributed by atoms with Crippen LogP contribution in [-0.4, -0.2) is 46.6 Å². The van der Waals surface area contributed by atoms with E-state index in [1.165, 1.54) is 37.1 Å². The third-order valence-corrected chi connectivity index (χ3v) is 6.27. The van der Waals surface area contributed by atoms with Crippen LogP contribution in [0.2, 0.25) is 5.02 Å². The topological polar surface area (TPSA) is 108 Å². The highest BCUT2D eigenvalue weighted by Gasteiger charge is 2.19. The summed E-state index contributed by atoms with van der Waals surface area (Å²) < 4.78 is 17.9. The van der Waals surface area contributed by atoms with E-state index in [0.29, 0.717) is 45.3 Å². The summed E-state index contributed by atoms with van der Waals surface area (Å²) in [6.45, 7) is 2.53. The Labute approximate surface area is 204 Å². The number of carbonyl (C=O) groups excluding carboxylic acids is 2. The molecule has 4 aromatic rings. The van der Waals surface area contributed by atoms with Gasteiger partial charge in [-0.1, -0.05) is 35.5 Å². The number of carbonyl (C=O) groups is 2. The fourth-order valence-electron chi connectivity index (χ4n) is 3.35. The normalized spacial score (nSPS) is 10.9. The number of rotatable bonds is 8. The van der Waals surface area contributed by atoms with Gasteiger partial charge in [0.15, 0.2) is 22.2 Å². The van der Waals surface area contributed by atoms with Crippen LogP contribution in [-0.2, 0) is 16.1 Å². The minimum atomic E-state index is -0.520. The number of hydrogen-bond acceptors (Lipinski definition) is 8. The van der Waals surface area contributed by atoms with Crippen LogP contribution in [0.15, 0.2) is 52.0 Å². The maximum absolute atomic E-state index is 12.6. The second-order valence-electron chi connectivity index (χ2n) is 7.06. The van der Waals surface area contributed by atoms with Crippen molar-refractivity contribution >= 4 is 51.9 Å². The van der Waals surface area contributed by atoms with Crippen molar-refractivity contribution in [3.8, 4) is 17.3 Å². The van der Waals surface area contributed by atoms with E-state index in [-0.39, 0.29) is 17.2 Å². The molecule has 176 valence electrons. The van der Waals surface area contributed by atoms with Crippen molar-refractivity contribution in [2.45, 2.75) is 18.6 Å². The summed E-state index contributed by atoms with van der Waals surface area (Å²) in [7, 11) is 2.87. The molecule has 1 amide bonds. The van der Waals surface area contributed by atoms with Crippen molar-refractivity contribution in [2.24, 2.45) is 0 Å². The zero-order valence-corrected chi connectivity index (χ0v) is 20.2. The van der Waals surface area contributed by atoms with Crippen molar-refractivity contribution in [3.05, 3.63) is 53.1 Å². The number of aromatic nitrogens is 3. The number of thioether (sulfide) groups is 1. The van der Waals surface area contributed by atoms with Crippen molar-refractivity contribution in [2.75, 3.05) is 25.3 Å². The maximum Gasteiger partial charge on any atom is 0.337 e. The highest BCUT2D eigenvalue weighted by Crippen LogP contribution is 2.34. The van der Waals surface area contributed by atoms with E-state index in [1.807, 2.05) is 35.8 Å². The average molecular weight is 501 g/mol. The Hall–Kier alpha value is -3.50. The van der Waals surface area contributed by atoms with E-state index in [4.69, 9.17) is 25.5 Å². The number of nitrogens with zero attached hydrogens (tertiary/aromatic N) is 3. The van der Waals surface area contributed by atoms with Crippen molar-refractivity contribution in [1.82, 2.24) is 14.8 Å². The molecule has 9 nitrogen and oxygen atoms in total. The molecule has 2 aromatic carbocycles. The van der Waals surface area contributed by atoms with Crippen molar-refractivity contribution in [1.29, 1.82) is 0 Å². The van der Waals surface area contributed by atoms with Gasteiger partial charge in [-0.25, -0.2) is 4.79 Å². The van der Waals surface area contributed by atoms with Crippen LogP contribution in [0.1, 0.15) is 17.3 Å². The predicted octanol–water partition coefficient (Wildman–Crippen LogP) is 4.89. The van der Waals surface area contributed by atoms with Gasteiger partial charge in [-0.2, -0.15) is 0 Å². The minimum absolute atomic E-state index is 0.0604. The van der Waals surface area contributed by atoms with E-state index in [1.54, 1.807) is 7.11 Å². The first-order valence-electron chi connectivity index (χ1n) is 10.3. The summed E-state index contributed by atoms with van der Waals surface area (Å²) in [5.74, 6) is 0.967. The Morgan fingerprint density at radius 2 is 2.00 bits per heavy atom. The van der Waals surface area contributed by atoms with Crippen LogP contribution < -0.4 is 10.1 Å². The zero-order chi connectivity index (χ0) is 24.2. The Morgan fingerprint density at radius 1 is 1.18 bits per heavy atom. The number of methoxy groups -OCH3 is 2. The van der Waals surface area contributed by atoms with Gasteiger partial charge >= 0.3 is 5.97 Å². The Balaban J connectivity index is 1.50. The maximum atomic E-state index is 12.6. The van der Waals surface area contributed by atoms with Crippen LogP contribution in [0.5, 0.6) is 5.75 Å². The van der Waals surface area contributed by atoms with Gasteiger partial charge in [-0.15, -0.1) is 10.2 Å². The molecule has 0 atom stereocenters. The van der Waals surface area contributed by atoms with Crippen LogP contribution in [0.4, 0.5) is 5.69 Å². The number of ether oxygens (including phenoxy) is 2. The molecule has 0 radical (unpaired) electrons. The standard InChI is InChI=1S/C23H21ClN4O5S/c1-4-28-21(18-11-13-6-5-7-17(31-2)20(13)33-18)26-27-23(28)34-12-19(29)25-16-10-14(22(30)32-3)8-9-15(16)24/h5-11H,4,12H2,1-3H3,(H,25,29). The number of anilines is 1. The molecule has 34 heavy (non-hydrogen) atoms. The second kappa shape index (κ2) is 10.2. The SMILES string of the molecule is CCn1c(SCC(=O)Nc2cc(C(=O)OC)ccc2Cl)nnc1-c1cc2cccc(OC)c2o1. The van der Waals surface area contributed by atoms with Gasteiger partial charge in [0.1, 0.15) is 0 Å². The minimum Gasteiger partial charge on any atom is -0.493 e. The molecule has 0 spiro atoms. The molecule has 2 heterocycles. The molecule has 2 aromatic heterocycles. The van der Waals surface area contributed by atoms with Gasteiger partial charge in [0.25, 0.3) is 0 Å². The van der Waals surface area contributed by atoms with Crippen LogP contribution in [0.3, 0.4) is 0 Å². The zero-order valence-electron chi connectivity index (χ0n) is 18.6. The summed E-state index contributed by atoms with van der Waals surface area (Å²) in [5, 5.41) is 13.0. The first kappa shape index (κ1) is 23.7. The molecule has 0 saturated carbocycles. The fraction of sp³-hybridized carbons (Fsp3) is 0.217. The lowest BCUT2D eigenvalue weighted by Crippen LogP contribution is -2.15. The van der Waals surface area contributed by atoms with Gasteiger partial charge in [0.05, 0.1) is 36.2 Å². The Bertz CT molecular complexity index is 1370. The molecule has 0 aliphatic heterocycles. The quantitative estimate of drug-likeness (QED) is 0.269. The van der Waals surface area contributed by atoms with Gasteiger partial charge in [0.2, 0.25) is 11.7 Å². The summed E-state index contributed by atoms with van der Waals surface area (Å²) >= 11 is 7.39. The van der Waals surface area contributed by atoms with Gasteiger partial charge in [-0.3, -0.25) is 9.36 Å². The van der Waals surface area contributed by atoms with E-state index < -0.39 is 5.97 Å². The number of para-hydroxylation sites is 1. The van der Waals surface area contributed by atoms with E-state index >= 15 is 0 Å². The highest BCUT2D eigenvalue weighted by molar-refractivity contribution is 7.99. The monoisotopic (exact) mass is 500 g/mol. The number of hydrogen-bond donors (Lipinski definition) is 1. The molecule has 0 aliphatic rings. The lowest BCUT2D eigenvalue weighted by molar-refractivity contribution is -0.113. The third kappa shape index (κ3) is 4.73. The van der Waals surface area contributed by atoms with Crippen LogP contribution in [0.25, 0.3) is 22.6 Å². The number of esters is 1. The molecule has 0 saturated heterocycles. The molecule has 0 unspecified atom stereocenters. The van der Waals surface area contributed by atoms with Crippen LogP contribution >= 0.6 is 23.4 Å². The van der Waals surface area contributed by atoms with E-state index in [0.717, 1.165) is 5.39 Å². The highest BCUT2D eigenvalue weighted by atomic mass is 35.5. The molecule has 0 bridgehead atoms. The second-order valence-corrected chi connectivity index (χ2v) is 8.41. The van der Waals surface area contributed by atoms with Gasteiger partial charge in [0, 0.05) is 11.9 Å².